The maximum atomic E-state index is 11.0. The maximum Gasteiger partial charge on any atom is 0.221 e. The monoisotopic (exact) mass is 332 g/mol. The van der Waals surface area contributed by atoms with Gasteiger partial charge in [-0.15, -0.1) is 0 Å². The molecule has 0 saturated carbocycles. The lowest BCUT2D eigenvalue weighted by Gasteiger charge is -2.13. The number of hydrogen-bond donors (Lipinski definition) is 2. The molecule has 0 saturated heterocycles. The summed E-state index contributed by atoms with van der Waals surface area (Å²) < 4.78 is 5.75. The summed E-state index contributed by atoms with van der Waals surface area (Å²) in [7, 11) is 0. The van der Waals surface area contributed by atoms with Crippen LogP contribution in [0.25, 0.3) is 0 Å². The molecule has 2 aromatic rings. The zero-order chi connectivity index (χ0) is 16.7. The van der Waals surface area contributed by atoms with Crippen molar-refractivity contribution in [3.8, 4) is 5.75 Å². The SMILES string of the molecule is CCCOc1ccc(Cl)cc1CNc1ccc(NC(C)=O)cc1. The fraction of sp³-hybridized carbons (Fsp3) is 0.278. The second-order valence-corrected chi connectivity index (χ2v) is 5.65. The molecule has 1 amide bonds. The van der Waals surface area contributed by atoms with Crippen LogP contribution in [0.3, 0.4) is 0 Å². The van der Waals surface area contributed by atoms with Crippen LogP contribution < -0.4 is 15.4 Å². The first-order valence-corrected chi connectivity index (χ1v) is 7.99. The fourth-order valence-electron chi connectivity index (χ4n) is 2.11. The fourth-order valence-corrected chi connectivity index (χ4v) is 2.31. The Morgan fingerprint density at radius 2 is 1.83 bits per heavy atom. The highest BCUT2D eigenvalue weighted by Gasteiger charge is 2.05. The number of carbonyl (C=O) groups is 1. The number of carbonyl (C=O) groups excluding carboxylic acids is 1. The summed E-state index contributed by atoms with van der Waals surface area (Å²) in [5.74, 6) is 0.765. The van der Waals surface area contributed by atoms with Crippen molar-refractivity contribution in [1.29, 1.82) is 0 Å². The standard InChI is InChI=1S/C18H21ClN2O2/c1-3-10-23-18-9-4-15(19)11-14(18)12-20-16-5-7-17(8-6-16)21-13(2)22/h4-9,11,20H,3,10,12H2,1-2H3,(H,21,22). The first-order chi connectivity index (χ1) is 11.1. The molecule has 0 bridgehead atoms. The quantitative estimate of drug-likeness (QED) is 0.772. The third kappa shape index (κ3) is 5.49. The predicted octanol–water partition coefficient (Wildman–Crippen LogP) is 4.70. The number of rotatable bonds is 7. The van der Waals surface area contributed by atoms with Gasteiger partial charge in [-0.2, -0.15) is 0 Å². The summed E-state index contributed by atoms with van der Waals surface area (Å²) in [6, 6.07) is 13.2. The van der Waals surface area contributed by atoms with Gasteiger partial charge in [-0.05, 0) is 48.9 Å². The zero-order valence-corrected chi connectivity index (χ0v) is 14.1. The molecular weight excluding hydrogens is 312 g/mol. The van der Waals surface area contributed by atoms with Crippen LogP contribution in [0.15, 0.2) is 42.5 Å². The lowest BCUT2D eigenvalue weighted by molar-refractivity contribution is -0.114. The van der Waals surface area contributed by atoms with Crippen molar-refractivity contribution in [3.05, 3.63) is 53.1 Å². The third-order valence-corrected chi connectivity index (χ3v) is 3.41. The summed E-state index contributed by atoms with van der Waals surface area (Å²) >= 11 is 6.08. The zero-order valence-electron chi connectivity index (χ0n) is 13.4. The van der Waals surface area contributed by atoms with Crippen LogP contribution in [0.2, 0.25) is 5.02 Å². The third-order valence-electron chi connectivity index (χ3n) is 3.17. The highest BCUT2D eigenvalue weighted by Crippen LogP contribution is 2.24. The van der Waals surface area contributed by atoms with Crippen molar-refractivity contribution >= 4 is 28.9 Å². The second-order valence-electron chi connectivity index (χ2n) is 5.21. The largest absolute Gasteiger partial charge is 0.493 e. The number of hydrogen-bond acceptors (Lipinski definition) is 3. The van der Waals surface area contributed by atoms with Crippen molar-refractivity contribution in [2.24, 2.45) is 0 Å². The number of amides is 1. The van der Waals surface area contributed by atoms with E-state index in [0.717, 1.165) is 29.1 Å². The van der Waals surface area contributed by atoms with Gasteiger partial charge in [-0.25, -0.2) is 0 Å². The van der Waals surface area contributed by atoms with E-state index in [1.165, 1.54) is 6.92 Å². The molecule has 0 aromatic heterocycles. The van der Waals surface area contributed by atoms with Crippen LogP contribution in [-0.2, 0) is 11.3 Å². The molecule has 122 valence electrons. The molecule has 2 aromatic carbocycles. The molecule has 0 aliphatic carbocycles. The Morgan fingerprint density at radius 1 is 1.13 bits per heavy atom. The summed E-state index contributed by atoms with van der Waals surface area (Å²) in [5.41, 5.74) is 2.75. The van der Waals surface area contributed by atoms with Gasteiger partial charge in [0, 0.05) is 35.4 Å². The molecule has 0 fully saturated rings. The van der Waals surface area contributed by atoms with Crippen LogP contribution in [0.1, 0.15) is 25.8 Å². The molecule has 0 atom stereocenters. The van der Waals surface area contributed by atoms with Gasteiger partial charge in [0.25, 0.3) is 0 Å². The van der Waals surface area contributed by atoms with Gasteiger partial charge in [0.2, 0.25) is 5.91 Å². The van der Waals surface area contributed by atoms with E-state index in [0.29, 0.717) is 18.2 Å². The Hall–Kier alpha value is -2.20. The lowest BCUT2D eigenvalue weighted by Crippen LogP contribution is -2.06. The first kappa shape index (κ1) is 17.2. The van der Waals surface area contributed by atoms with E-state index in [9.17, 15) is 4.79 Å². The normalized spacial score (nSPS) is 10.2. The van der Waals surface area contributed by atoms with Gasteiger partial charge in [-0.3, -0.25) is 4.79 Å². The van der Waals surface area contributed by atoms with Crippen molar-refractivity contribution < 1.29 is 9.53 Å². The molecule has 0 radical (unpaired) electrons. The Balaban J connectivity index is 2.02. The van der Waals surface area contributed by atoms with E-state index in [-0.39, 0.29) is 5.91 Å². The van der Waals surface area contributed by atoms with E-state index in [1.54, 1.807) is 0 Å². The molecular formula is C18H21ClN2O2. The number of nitrogens with one attached hydrogen (secondary N) is 2. The van der Waals surface area contributed by atoms with Gasteiger partial charge in [0.15, 0.2) is 0 Å². The van der Waals surface area contributed by atoms with Crippen LogP contribution >= 0.6 is 11.6 Å². The highest BCUT2D eigenvalue weighted by molar-refractivity contribution is 6.30. The summed E-state index contributed by atoms with van der Waals surface area (Å²) in [5, 5.41) is 6.76. The smallest absolute Gasteiger partial charge is 0.221 e. The van der Waals surface area contributed by atoms with E-state index in [1.807, 2.05) is 42.5 Å². The first-order valence-electron chi connectivity index (χ1n) is 7.61. The van der Waals surface area contributed by atoms with E-state index >= 15 is 0 Å². The minimum atomic E-state index is -0.0812. The van der Waals surface area contributed by atoms with Crippen molar-refractivity contribution in [2.75, 3.05) is 17.2 Å². The minimum Gasteiger partial charge on any atom is -0.493 e. The maximum absolute atomic E-state index is 11.0. The molecule has 4 nitrogen and oxygen atoms in total. The van der Waals surface area contributed by atoms with E-state index < -0.39 is 0 Å². The highest BCUT2D eigenvalue weighted by atomic mass is 35.5. The van der Waals surface area contributed by atoms with Gasteiger partial charge in [0.1, 0.15) is 5.75 Å². The molecule has 0 heterocycles. The molecule has 2 N–H and O–H groups in total. The average molecular weight is 333 g/mol. The topological polar surface area (TPSA) is 50.4 Å². The van der Waals surface area contributed by atoms with Crippen LogP contribution in [-0.4, -0.2) is 12.5 Å². The second kappa shape index (κ2) is 8.44. The van der Waals surface area contributed by atoms with E-state index in [4.69, 9.17) is 16.3 Å². The number of halogens is 1. The molecule has 0 aliphatic rings. The Bertz CT molecular complexity index is 657. The molecule has 0 spiro atoms. The van der Waals surface area contributed by atoms with Gasteiger partial charge in [-0.1, -0.05) is 18.5 Å². The van der Waals surface area contributed by atoms with Gasteiger partial charge >= 0.3 is 0 Å². The molecule has 0 unspecified atom stereocenters. The summed E-state index contributed by atoms with van der Waals surface area (Å²) in [6.45, 7) is 4.85. The number of benzene rings is 2. The number of anilines is 2. The molecule has 0 aliphatic heterocycles. The molecule has 23 heavy (non-hydrogen) atoms. The van der Waals surface area contributed by atoms with Crippen molar-refractivity contribution in [2.45, 2.75) is 26.8 Å². The molecule has 5 heteroatoms. The van der Waals surface area contributed by atoms with Gasteiger partial charge in [0.05, 0.1) is 6.61 Å². The van der Waals surface area contributed by atoms with Crippen LogP contribution in [0.5, 0.6) is 5.75 Å². The summed E-state index contributed by atoms with van der Waals surface area (Å²) in [4.78, 5) is 11.0. The van der Waals surface area contributed by atoms with Crippen molar-refractivity contribution in [1.82, 2.24) is 0 Å². The minimum absolute atomic E-state index is 0.0812. The number of ether oxygens (including phenoxy) is 1. The lowest BCUT2D eigenvalue weighted by atomic mass is 10.2. The Morgan fingerprint density at radius 3 is 2.48 bits per heavy atom. The predicted molar refractivity (Wildman–Crippen MR) is 95.3 cm³/mol. The Kier molecular flexibility index (Phi) is 6.29. The molecule has 2 rings (SSSR count). The van der Waals surface area contributed by atoms with Crippen LogP contribution in [0, 0.1) is 0 Å². The van der Waals surface area contributed by atoms with Crippen LogP contribution in [0.4, 0.5) is 11.4 Å². The van der Waals surface area contributed by atoms with E-state index in [2.05, 4.69) is 17.6 Å². The average Bonchev–Trinajstić information content (AvgIpc) is 2.53. The summed E-state index contributed by atoms with van der Waals surface area (Å²) in [6.07, 6.45) is 0.958. The van der Waals surface area contributed by atoms with Gasteiger partial charge < -0.3 is 15.4 Å². The Labute approximate surface area is 141 Å². The van der Waals surface area contributed by atoms with Crippen molar-refractivity contribution in [3.63, 3.8) is 0 Å².